The number of piperidine rings is 1. The summed E-state index contributed by atoms with van der Waals surface area (Å²) >= 11 is 0. The van der Waals surface area contributed by atoms with Crippen molar-refractivity contribution < 1.29 is 0 Å². The summed E-state index contributed by atoms with van der Waals surface area (Å²) in [5, 5.41) is 0. The van der Waals surface area contributed by atoms with Crippen molar-refractivity contribution in [2.75, 3.05) is 11.4 Å². The molecule has 1 aliphatic heterocycles. The molecule has 1 fully saturated rings. The van der Waals surface area contributed by atoms with Crippen LogP contribution >= 0.6 is 0 Å². The number of anilines is 1. The van der Waals surface area contributed by atoms with E-state index in [-0.39, 0.29) is 6.04 Å². The van der Waals surface area contributed by atoms with Crippen LogP contribution in [0.4, 0.5) is 5.69 Å². The lowest BCUT2D eigenvalue weighted by molar-refractivity contribution is 0.450. The molecule has 2 nitrogen and oxygen atoms in total. The average Bonchev–Trinajstić information content (AvgIpc) is 2.40. The van der Waals surface area contributed by atoms with Crippen LogP contribution in [0.2, 0.25) is 0 Å². The molecule has 0 saturated carbocycles. The standard InChI is InChI=1S/C17H28N2/c1-4-16-7-5-6-10-19(16)17-9-8-15(12-14(3)18)13(2)11-17/h8-9,11,14,16H,4-7,10,12,18H2,1-3H3. The number of hydrogen-bond acceptors (Lipinski definition) is 2. The highest BCUT2D eigenvalue weighted by molar-refractivity contribution is 5.52. The molecule has 1 aromatic rings. The number of hydrogen-bond donors (Lipinski definition) is 1. The number of rotatable bonds is 4. The summed E-state index contributed by atoms with van der Waals surface area (Å²) in [7, 11) is 0. The van der Waals surface area contributed by atoms with Crippen LogP contribution in [0.5, 0.6) is 0 Å². The highest BCUT2D eigenvalue weighted by Crippen LogP contribution is 2.28. The first-order valence-electron chi connectivity index (χ1n) is 7.73. The summed E-state index contributed by atoms with van der Waals surface area (Å²) in [5.74, 6) is 0. The lowest BCUT2D eigenvalue weighted by Crippen LogP contribution is -2.39. The van der Waals surface area contributed by atoms with Crippen LogP contribution in [0.3, 0.4) is 0 Å². The summed E-state index contributed by atoms with van der Waals surface area (Å²) in [4.78, 5) is 2.60. The molecule has 2 heteroatoms. The quantitative estimate of drug-likeness (QED) is 0.895. The van der Waals surface area contributed by atoms with Gasteiger partial charge in [-0.25, -0.2) is 0 Å². The minimum absolute atomic E-state index is 0.239. The summed E-state index contributed by atoms with van der Waals surface area (Å²) in [6.45, 7) is 7.81. The second-order valence-electron chi connectivity index (χ2n) is 6.04. The van der Waals surface area contributed by atoms with Gasteiger partial charge in [0.2, 0.25) is 0 Å². The molecule has 1 heterocycles. The Hall–Kier alpha value is -1.02. The zero-order valence-corrected chi connectivity index (χ0v) is 12.7. The van der Waals surface area contributed by atoms with Gasteiger partial charge in [0.25, 0.3) is 0 Å². The highest BCUT2D eigenvalue weighted by atomic mass is 15.2. The van der Waals surface area contributed by atoms with Gasteiger partial charge >= 0.3 is 0 Å². The third-order valence-electron chi connectivity index (χ3n) is 4.30. The summed E-state index contributed by atoms with van der Waals surface area (Å²) in [6, 6.07) is 7.88. The lowest BCUT2D eigenvalue weighted by Gasteiger charge is -2.37. The molecule has 1 saturated heterocycles. The smallest absolute Gasteiger partial charge is 0.0371 e. The first kappa shape index (κ1) is 14.4. The minimum Gasteiger partial charge on any atom is -0.369 e. The van der Waals surface area contributed by atoms with Crippen LogP contribution < -0.4 is 10.6 Å². The van der Waals surface area contributed by atoms with E-state index in [0.29, 0.717) is 0 Å². The second-order valence-corrected chi connectivity index (χ2v) is 6.04. The van der Waals surface area contributed by atoms with Crippen LogP contribution in [0.25, 0.3) is 0 Å². The minimum atomic E-state index is 0.239. The molecule has 106 valence electrons. The molecule has 19 heavy (non-hydrogen) atoms. The molecule has 0 aliphatic carbocycles. The fourth-order valence-electron chi connectivity index (χ4n) is 3.20. The van der Waals surface area contributed by atoms with E-state index in [2.05, 4.69) is 43.9 Å². The van der Waals surface area contributed by atoms with Crippen LogP contribution in [0.15, 0.2) is 18.2 Å². The van der Waals surface area contributed by atoms with E-state index < -0.39 is 0 Å². The molecular weight excluding hydrogens is 232 g/mol. The summed E-state index contributed by atoms with van der Waals surface area (Å²) < 4.78 is 0. The second kappa shape index (κ2) is 6.42. The van der Waals surface area contributed by atoms with Crippen molar-refractivity contribution in [2.24, 2.45) is 5.73 Å². The number of nitrogens with zero attached hydrogens (tertiary/aromatic N) is 1. The van der Waals surface area contributed by atoms with E-state index in [1.807, 2.05) is 0 Å². The van der Waals surface area contributed by atoms with E-state index in [9.17, 15) is 0 Å². The van der Waals surface area contributed by atoms with E-state index in [4.69, 9.17) is 5.73 Å². The molecule has 0 amide bonds. The molecule has 0 spiro atoms. The molecule has 2 atom stereocenters. The third kappa shape index (κ3) is 3.50. The van der Waals surface area contributed by atoms with Crippen molar-refractivity contribution in [3.63, 3.8) is 0 Å². The van der Waals surface area contributed by atoms with Crippen molar-refractivity contribution >= 4 is 5.69 Å². The van der Waals surface area contributed by atoms with Gasteiger partial charge in [-0.3, -0.25) is 0 Å². The third-order valence-corrected chi connectivity index (χ3v) is 4.30. The largest absolute Gasteiger partial charge is 0.369 e. The Kier molecular flexibility index (Phi) is 4.87. The van der Waals surface area contributed by atoms with Gasteiger partial charge in [0.15, 0.2) is 0 Å². The molecule has 2 rings (SSSR count). The zero-order valence-electron chi connectivity index (χ0n) is 12.7. The maximum absolute atomic E-state index is 5.91. The van der Waals surface area contributed by atoms with Gasteiger partial charge in [-0.1, -0.05) is 13.0 Å². The normalized spacial score (nSPS) is 21.5. The van der Waals surface area contributed by atoms with E-state index in [0.717, 1.165) is 12.5 Å². The fourth-order valence-corrected chi connectivity index (χ4v) is 3.20. The van der Waals surface area contributed by atoms with Gasteiger partial charge in [-0.05, 0) is 69.2 Å². The Labute approximate surface area is 118 Å². The van der Waals surface area contributed by atoms with Crippen molar-refractivity contribution in [1.82, 2.24) is 0 Å². The molecule has 0 radical (unpaired) electrons. The van der Waals surface area contributed by atoms with Gasteiger partial charge < -0.3 is 10.6 Å². The lowest BCUT2D eigenvalue weighted by atomic mass is 9.97. The van der Waals surface area contributed by atoms with Gasteiger partial charge in [-0.15, -0.1) is 0 Å². The van der Waals surface area contributed by atoms with E-state index >= 15 is 0 Å². The SMILES string of the molecule is CCC1CCCCN1c1ccc(CC(C)N)c(C)c1. The Balaban J connectivity index is 2.18. The Morgan fingerprint density at radius 2 is 2.16 bits per heavy atom. The first-order valence-corrected chi connectivity index (χ1v) is 7.73. The van der Waals surface area contributed by atoms with E-state index in [1.165, 1.54) is 49.0 Å². The maximum atomic E-state index is 5.91. The van der Waals surface area contributed by atoms with Gasteiger partial charge in [-0.2, -0.15) is 0 Å². The van der Waals surface area contributed by atoms with Crippen molar-refractivity contribution in [2.45, 2.75) is 65.0 Å². The zero-order chi connectivity index (χ0) is 13.8. The highest BCUT2D eigenvalue weighted by Gasteiger charge is 2.21. The molecule has 1 aromatic carbocycles. The van der Waals surface area contributed by atoms with Gasteiger partial charge in [0.1, 0.15) is 0 Å². The molecule has 0 aromatic heterocycles. The van der Waals surface area contributed by atoms with Crippen molar-refractivity contribution in [3.05, 3.63) is 29.3 Å². The monoisotopic (exact) mass is 260 g/mol. The predicted molar refractivity (Wildman–Crippen MR) is 83.8 cm³/mol. The van der Waals surface area contributed by atoms with E-state index in [1.54, 1.807) is 0 Å². The molecule has 2 unspecified atom stereocenters. The molecule has 2 N–H and O–H groups in total. The van der Waals surface area contributed by atoms with Crippen LogP contribution in [-0.2, 0) is 6.42 Å². The maximum Gasteiger partial charge on any atom is 0.0371 e. The Bertz CT molecular complexity index is 412. The molecular formula is C17H28N2. The van der Waals surface area contributed by atoms with Gasteiger partial charge in [0, 0.05) is 24.3 Å². The van der Waals surface area contributed by atoms with Gasteiger partial charge in [0.05, 0.1) is 0 Å². The first-order chi connectivity index (χ1) is 9.11. The summed E-state index contributed by atoms with van der Waals surface area (Å²) in [6.07, 6.45) is 6.29. The number of nitrogens with two attached hydrogens (primary N) is 1. The number of benzene rings is 1. The molecule has 0 bridgehead atoms. The van der Waals surface area contributed by atoms with Crippen LogP contribution in [0.1, 0.15) is 50.7 Å². The molecule has 1 aliphatic rings. The Morgan fingerprint density at radius 3 is 2.79 bits per heavy atom. The fraction of sp³-hybridized carbons (Fsp3) is 0.647. The topological polar surface area (TPSA) is 29.3 Å². The van der Waals surface area contributed by atoms with Crippen LogP contribution in [0, 0.1) is 6.92 Å². The number of aryl methyl sites for hydroxylation is 1. The summed E-state index contributed by atoms with van der Waals surface area (Å²) in [5.41, 5.74) is 10.1. The predicted octanol–water partition coefficient (Wildman–Crippen LogP) is 3.65. The van der Waals surface area contributed by atoms with Crippen LogP contribution in [-0.4, -0.2) is 18.6 Å². The van der Waals surface area contributed by atoms with Crippen molar-refractivity contribution in [3.8, 4) is 0 Å². The average molecular weight is 260 g/mol. The van der Waals surface area contributed by atoms with Crippen molar-refractivity contribution in [1.29, 1.82) is 0 Å². The Morgan fingerprint density at radius 1 is 1.37 bits per heavy atom.